The summed E-state index contributed by atoms with van der Waals surface area (Å²) in [6.07, 6.45) is 1.22. The molecule has 136 valence electrons. The molecule has 0 aliphatic heterocycles. The van der Waals surface area contributed by atoms with Gasteiger partial charge in [-0.2, -0.15) is 0 Å². The van der Waals surface area contributed by atoms with Crippen LogP contribution in [0.4, 0.5) is 11.4 Å². The topological polar surface area (TPSA) is 111 Å². The van der Waals surface area contributed by atoms with E-state index in [2.05, 4.69) is 15.0 Å². The first-order valence-electron chi connectivity index (χ1n) is 7.64. The molecule has 1 N–H and O–H groups in total. The molecule has 2 aromatic rings. The number of nitrogens with zero attached hydrogens (tertiary/aromatic N) is 2. The molecule has 9 heteroatoms. The number of aromatic nitrogens is 1. The second-order valence-corrected chi connectivity index (χ2v) is 6.57. The average molecular weight is 375 g/mol. The van der Waals surface area contributed by atoms with Gasteiger partial charge in [0.05, 0.1) is 23.3 Å². The molecular formula is C17H17N3O5S. The molecule has 0 unspecified atom stereocenters. The number of anilines is 1. The van der Waals surface area contributed by atoms with Crippen molar-refractivity contribution in [1.82, 2.24) is 4.98 Å². The van der Waals surface area contributed by atoms with Gasteiger partial charge in [-0.3, -0.25) is 14.9 Å². The summed E-state index contributed by atoms with van der Waals surface area (Å²) in [5.41, 5.74) is 0.206. The van der Waals surface area contributed by atoms with Crippen LogP contribution < -0.4 is 5.32 Å². The van der Waals surface area contributed by atoms with Crippen molar-refractivity contribution < 1.29 is 19.2 Å². The number of para-hydroxylation sites is 1. The molecule has 8 nitrogen and oxygen atoms in total. The van der Waals surface area contributed by atoms with Gasteiger partial charge in [-0.25, -0.2) is 9.78 Å². The molecule has 0 atom stereocenters. The fourth-order valence-corrected chi connectivity index (χ4v) is 2.85. The van der Waals surface area contributed by atoms with Crippen molar-refractivity contribution in [2.75, 3.05) is 12.4 Å². The van der Waals surface area contributed by atoms with Crippen molar-refractivity contribution >= 4 is 35.0 Å². The molecule has 0 aliphatic carbocycles. The van der Waals surface area contributed by atoms with Gasteiger partial charge in [0, 0.05) is 23.1 Å². The molecule has 0 bridgehead atoms. The zero-order chi connectivity index (χ0) is 19.3. The van der Waals surface area contributed by atoms with Crippen LogP contribution in [0.5, 0.6) is 0 Å². The molecule has 1 amide bonds. The molecule has 0 saturated carbocycles. The van der Waals surface area contributed by atoms with Crippen LogP contribution in [0.2, 0.25) is 0 Å². The maximum Gasteiger partial charge on any atom is 0.339 e. The van der Waals surface area contributed by atoms with Crippen LogP contribution in [-0.2, 0) is 9.53 Å². The number of rotatable bonds is 6. The maximum atomic E-state index is 11.9. The Kier molecular flexibility index (Phi) is 6.29. The second kappa shape index (κ2) is 8.43. The quantitative estimate of drug-likeness (QED) is 0.467. The van der Waals surface area contributed by atoms with Gasteiger partial charge >= 0.3 is 11.7 Å². The van der Waals surface area contributed by atoms with Crippen LogP contribution in [0.3, 0.4) is 0 Å². The molecule has 26 heavy (non-hydrogen) atoms. The summed E-state index contributed by atoms with van der Waals surface area (Å²) in [5, 5.41) is 14.2. The van der Waals surface area contributed by atoms with Gasteiger partial charge in [-0.1, -0.05) is 37.7 Å². The largest absolute Gasteiger partial charge is 0.465 e. The Morgan fingerprint density at radius 1 is 1.31 bits per heavy atom. The number of ether oxygens (including phenoxy) is 1. The van der Waals surface area contributed by atoms with Gasteiger partial charge in [-0.15, -0.1) is 0 Å². The Labute approximate surface area is 154 Å². The summed E-state index contributed by atoms with van der Waals surface area (Å²) >= 11 is 1.03. The van der Waals surface area contributed by atoms with Gasteiger partial charge in [0.25, 0.3) is 0 Å². The van der Waals surface area contributed by atoms with E-state index >= 15 is 0 Å². The smallest absolute Gasteiger partial charge is 0.339 e. The van der Waals surface area contributed by atoms with Crippen molar-refractivity contribution in [2.24, 2.45) is 5.92 Å². The molecule has 0 spiro atoms. The van der Waals surface area contributed by atoms with E-state index in [9.17, 15) is 19.7 Å². The van der Waals surface area contributed by atoms with Crippen LogP contribution in [0, 0.1) is 16.0 Å². The molecule has 0 aliphatic rings. The molecule has 0 radical (unpaired) electrons. The number of pyridine rings is 1. The van der Waals surface area contributed by atoms with Crippen LogP contribution in [0.25, 0.3) is 0 Å². The van der Waals surface area contributed by atoms with E-state index in [0.29, 0.717) is 10.6 Å². The van der Waals surface area contributed by atoms with E-state index in [-0.39, 0.29) is 28.1 Å². The molecule has 0 fully saturated rings. The highest BCUT2D eigenvalue weighted by Crippen LogP contribution is 2.37. The standard InChI is InChI=1S/C17H17N3O5S/c1-10(2)15(21)19-12-6-4-5-7-14(12)26-16-13(20(23)24)8-11(9-18-16)17(22)25-3/h4-10H,1-3H3,(H,19,21). The number of esters is 1. The lowest BCUT2D eigenvalue weighted by atomic mass is 10.2. The number of carbonyl (C=O) groups is 2. The molecule has 0 saturated heterocycles. The van der Waals surface area contributed by atoms with E-state index in [1.54, 1.807) is 38.1 Å². The highest BCUT2D eigenvalue weighted by molar-refractivity contribution is 7.99. The van der Waals surface area contributed by atoms with Crippen molar-refractivity contribution in [3.05, 3.63) is 52.2 Å². The maximum absolute atomic E-state index is 11.9. The summed E-state index contributed by atoms with van der Waals surface area (Å²) in [7, 11) is 1.18. The van der Waals surface area contributed by atoms with Gasteiger partial charge in [-0.05, 0) is 12.1 Å². The van der Waals surface area contributed by atoms with E-state index in [4.69, 9.17) is 0 Å². The molecule has 1 heterocycles. The molecule has 1 aromatic heterocycles. The average Bonchev–Trinajstić information content (AvgIpc) is 2.62. The number of amides is 1. The zero-order valence-electron chi connectivity index (χ0n) is 14.4. The van der Waals surface area contributed by atoms with Gasteiger partial charge in [0.1, 0.15) is 0 Å². The summed E-state index contributed by atoms with van der Waals surface area (Å²) in [5.74, 6) is -1.08. The lowest BCUT2D eigenvalue weighted by Crippen LogP contribution is -2.18. The van der Waals surface area contributed by atoms with Crippen molar-refractivity contribution in [2.45, 2.75) is 23.8 Å². The third-order valence-electron chi connectivity index (χ3n) is 3.33. The minimum atomic E-state index is -0.707. The summed E-state index contributed by atoms with van der Waals surface area (Å²) in [6.45, 7) is 3.53. The minimum Gasteiger partial charge on any atom is -0.465 e. The van der Waals surface area contributed by atoms with Gasteiger partial charge in [0.2, 0.25) is 5.91 Å². The van der Waals surface area contributed by atoms with Crippen LogP contribution >= 0.6 is 11.8 Å². The van der Waals surface area contributed by atoms with E-state index in [1.807, 2.05) is 0 Å². The van der Waals surface area contributed by atoms with E-state index in [1.165, 1.54) is 13.3 Å². The number of benzene rings is 1. The molecule has 2 rings (SSSR count). The lowest BCUT2D eigenvalue weighted by Gasteiger charge is -2.12. The number of carbonyl (C=O) groups excluding carboxylic acids is 2. The number of hydrogen-bond donors (Lipinski definition) is 1. The number of methoxy groups -OCH3 is 1. The fourth-order valence-electron chi connectivity index (χ4n) is 1.92. The summed E-state index contributed by atoms with van der Waals surface area (Å²) < 4.78 is 4.56. The SMILES string of the molecule is COC(=O)c1cnc(Sc2ccccc2NC(=O)C(C)C)c([N+](=O)[O-])c1. The summed E-state index contributed by atoms with van der Waals surface area (Å²) in [4.78, 5) is 38.9. The van der Waals surface area contributed by atoms with Crippen molar-refractivity contribution in [3.8, 4) is 0 Å². The zero-order valence-corrected chi connectivity index (χ0v) is 15.2. The monoisotopic (exact) mass is 375 g/mol. The predicted octanol–water partition coefficient (Wildman–Crippen LogP) is 3.52. The molecule has 1 aromatic carbocycles. The lowest BCUT2D eigenvalue weighted by molar-refractivity contribution is -0.388. The predicted molar refractivity (Wildman–Crippen MR) is 96.3 cm³/mol. The van der Waals surface area contributed by atoms with Crippen LogP contribution in [-0.4, -0.2) is 28.9 Å². The number of nitrogens with one attached hydrogen (secondary N) is 1. The minimum absolute atomic E-state index is 0.00931. The van der Waals surface area contributed by atoms with E-state index < -0.39 is 10.9 Å². The van der Waals surface area contributed by atoms with Crippen molar-refractivity contribution in [1.29, 1.82) is 0 Å². The first-order valence-corrected chi connectivity index (χ1v) is 8.45. The van der Waals surface area contributed by atoms with Gasteiger partial charge in [0.15, 0.2) is 5.03 Å². The Balaban J connectivity index is 2.38. The highest BCUT2D eigenvalue weighted by atomic mass is 32.2. The number of hydrogen-bond acceptors (Lipinski definition) is 7. The third kappa shape index (κ3) is 4.57. The van der Waals surface area contributed by atoms with Crippen molar-refractivity contribution in [3.63, 3.8) is 0 Å². The Hall–Kier alpha value is -2.94. The molecular weight excluding hydrogens is 358 g/mol. The summed E-state index contributed by atoms with van der Waals surface area (Å²) in [6, 6.07) is 8.05. The normalized spacial score (nSPS) is 10.5. The fraction of sp³-hybridized carbons (Fsp3) is 0.235. The Morgan fingerprint density at radius 2 is 2.00 bits per heavy atom. The van der Waals surface area contributed by atoms with Crippen LogP contribution in [0.1, 0.15) is 24.2 Å². The van der Waals surface area contributed by atoms with Gasteiger partial charge < -0.3 is 10.1 Å². The Bertz CT molecular complexity index is 854. The van der Waals surface area contributed by atoms with Crippen LogP contribution in [0.15, 0.2) is 46.5 Å². The van der Waals surface area contributed by atoms with E-state index in [0.717, 1.165) is 17.8 Å². The Morgan fingerprint density at radius 3 is 2.62 bits per heavy atom. The first-order chi connectivity index (χ1) is 12.3. The first kappa shape index (κ1) is 19.4. The third-order valence-corrected chi connectivity index (χ3v) is 4.41. The second-order valence-electron chi connectivity index (χ2n) is 5.54. The number of nitro groups is 1. The highest BCUT2D eigenvalue weighted by Gasteiger charge is 2.21.